The average molecular weight is 288 g/mol. The summed E-state index contributed by atoms with van der Waals surface area (Å²) in [6.07, 6.45) is 5.24. The molecule has 0 amide bonds. The summed E-state index contributed by atoms with van der Waals surface area (Å²) in [5.74, 6) is -0.914. The molecule has 1 aromatic rings. The lowest BCUT2D eigenvalue weighted by molar-refractivity contribution is -0.131. The number of carboxylic acids is 1. The third kappa shape index (κ3) is 4.99. The molecule has 4 heteroatoms. The van der Waals surface area contributed by atoms with E-state index in [-0.39, 0.29) is 0 Å². The molecular formula is C17H24N2O2. The number of carbonyl (C=O) groups is 1. The zero-order valence-electron chi connectivity index (χ0n) is 12.8. The SMILES string of the molecule is CN(C)C1CCN(Cc2ccc(C=CC(=O)O)cc2)CC1. The maximum atomic E-state index is 10.5. The molecule has 0 aromatic heterocycles. The fraction of sp³-hybridized carbons (Fsp3) is 0.471. The van der Waals surface area contributed by atoms with Gasteiger partial charge in [-0.2, -0.15) is 0 Å². The predicted octanol–water partition coefficient (Wildman–Crippen LogP) is 2.31. The quantitative estimate of drug-likeness (QED) is 0.845. The van der Waals surface area contributed by atoms with Gasteiger partial charge in [0, 0.05) is 18.7 Å². The molecule has 0 radical (unpaired) electrons. The summed E-state index contributed by atoms with van der Waals surface area (Å²) in [6, 6.07) is 8.83. The first kappa shape index (κ1) is 15.7. The van der Waals surface area contributed by atoms with E-state index >= 15 is 0 Å². The summed E-state index contributed by atoms with van der Waals surface area (Å²) in [5, 5.41) is 8.61. The zero-order chi connectivity index (χ0) is 15.2. The van der Waals surface area contributed by atoms with Crippen molar-refractivity contribution in [1.29, 1.82) is 0 Å². The Balaban J connectivity index is 1.85. The lowest BCUT2D eigenvalue weighted by Crippen LogP contribution is -2.41. The molecule has 4 nitrogen and oxygen atoms in total. The largest absolute Gasteiger partial charge is 0.478 e. The van der Waals surface area contributed by atoms with E-state index < -0.39 is 5.97 Å². The molecule has 0 spiro atoms. The molecule has 2 rings (SSSR count). The van der Waals surface area contributed by atoms with E-state index in [2.05, 4.69) is 36.0 Å². The molecule has 1 saturated heterocycles. The van der Waals surface area contributed by atoms with Crippen LogP contribution in [0.25, 0.3) is 6.08 Å². The van der Waals surface area contributed by atoms with E-state index in [0.717, 1.165) is 25.2 Å². The second-order valence-corrected chi connectivity index (χ2v) is 5.88. The number of hydrogen-bond donors (Lipinski definition) is 1. The number of likely N-dealkylation sites (tertiary alicyclic amines) is 1. The number of nitrogens with zero attached hydrogens (tertiary/aromatic N) is 2. The molecule has 1 fully saturated rings. The van der Waals surface area contributed by atoms with Gasteiger partial charge in [-0.1, -0.05) is 24.3 Å². The highest BCUT2D eigenvalue weighted by Gasteiger charge is 2.20. The van der Waals surface area contributed by atoms with Crippen LogP contribution in [0.4, 0.5) is 0 Å². The molecular weight excluding hydrogens is 264 g/mol. The van der Waals surface area contributed by atoms with Gasteiger partial charge in [-0.05, 0) is 57.2 Å². The van der Waals surface area contributed by atoms with Gasteiger partial charge in [0.05, 0.1) is 0 Å². The van der Waals surface area contributed by atoms with Crippen molar-refractivity contribution >= 4 is 12.0 Å². The molecule has 1 aromatic carbocycles. The third-order valence-electron chi connectivity index (χ3n) is 4.09. The van der Waals surface area contributed by atoms with Crippen LogP contribution in [-0.2, 0) is 11.3 Å². The van der Waals surface area contributed by atoms with E-state index in [0.29, 0.717) is 6.04 Å². The average Bonchev–Trinajstić information content (AvgIpc) is 2.47. The minimum Gasteiger partial charge on any atom is -0.478 e. The second kappa shape index (κ2) is 7.38. The van der Waals surface area contributed by atoms with E-state index in [1.807, 2.05) is 12.1 Å². The van der Waals surface area contributed by atoms with Crippen LogP contribution in [0.3, 0.4) is 0 Å². The summed E-state index contributed by atoms with van der Waals surface area (Å²) >= 11 is 0. The van der Waals surface area contributed by atoms with Crippen LogP contribution in [0.1, 0.15) is 24.0 Å². The Hall–Kier alpha value is -1.65. The van der Waals surface area contributed by atoms with Gasteiger partial charge in [0.2, 0.25) is 0 Å². The maximum Gasteiger partial charge on any atom is 0.328 e. The fourth-order valence-corrected chi connectivity index (χ4v) is 2.75. The normalized spacial score (nSPS) is 17.7. The number of carboxylic acid groups (broad SMARTS) is 1. The molecule has 114 valence electrons. The Labute approximate surface area is 126 Å². The highest BCUT2D eigenvalue weighted by Crippen LogP contribution is 2.17. The molecule has 0 saturated carbocycles. The zero-order valence-corrected chi connectivity index (χ0v) is 12.8. The first-order chi connectivity index (χ1) is 10.0. The molecule has 21 heavy (non-hydrogen) atoms. The van der Waals surface area contributed by atoms with E-state index in [4.69, 9.17) is 5.11 Å². The fourth-order valence-electron chi connectivity index (χ4n) is 2.75. The first-order valence-electron chi connectivity index (χ1n) is 7.43. The first-order valence-corrected chi connectivity index (χ1v) is 7.43. The second-order valence-electron chi connectivity index (χ2n) is 5.88. The van der Waals surface area contributed by atoms with Gasteiger partial charge in [-0.3, -0.25) is 4.90 Å². The lowest BCUT2D eigenvalue weighted by atomic mass is 10.0. The van der Waals surface area contributed by atoms with Gasteiger partial charge in [0.1, 0.15) is 0 Å². The van der Waals surface area contributed by atoms with Crippen molar-refractivity contribution in [3.8, 4) is 0 Å². The molecule has 0 unspecified atom stereocenters. The van der Waals surface area contributed by atoms with Crippen molar-refractivity contribution in [2.75, 3.05) is 27.2 Å². The number of piperidine rings is 1. The van der Waals surface area contributed by atoms with Gasteiger partial charge < -0.3 is 10.0 Å². The van der Waals surface area contributed by atoms with Crippen LogP contribution in [-0.4, -0.2) is 54.1 Å². The van der Waals surface area contributed by atoms with Crippen LogP contribution in [0, 0.1) is 0 Å². The van der Waals surface area contributed by atoms with Crippen molar-refractivity contribution in [2.24, 2.45) is 0 Å². The van der Waals surface area contributed by atoms with Crippen LogP contribution in [0.15, 0.2) is 30.3 Å². The van der Waals surface area contributed by atoms with Crippen molar-refractivity contribution in [1.82, 2.24) is 9.80 Å². The van der Waals surface area contributed by atoms with E-state index in [1.54, 1.807) is 6.08 Å². The summed E-state index contributed by atoms with van der Waals surface area (Å²) in [4.78, 5) is 15.3. The molecule has 0 atom stereocenters. The Bertz CT molecular complexity index is 486. The van der Waals surface area contributed by atoms with Crippen LogP contribution >= 0.6 is 0 Å². The summed E-state index contributed by atoms with van der Waals surface area (Å²) in [5.41, 5.74) is 2.21. The van der Waals surface area contributed by atoms with Crippen molar-refractivity contribution in [2.45, 2.75) is 25.4 Å². The Morgan fingerprint density at radius 2 is 1.90 bits per heavy atom. The molecule has 1 aliphatic rings. The lowest BCUT2D eigenvalue weighted by Gasteiger charge is -2.35. The highest BCUT2D eigenvalue weighted by molar-refractivity contribution is 5.85. The Kier molecular flexibility index (Phi) is 5.53. The third-order valence-corrected chi connectivity index (χ3v) is 4.09. The van der Waals surface area contributed by atoms with Crippen molar-refractivity contribution in [3.05, 3.63) is 41.5 Å². The van der Waals surface area contributed by atoms with Gasteiger partial charge in [-0.25, -0.2) is 4.79 Å². The summed E-state index contributed by atoms with van der Waals surface area (Å²) < 4.78 is 0. The van der Waals surface area contributed by atoms with Gasteiger partial charge in [0.15, 0.2) is 0 Å². The van der Waals surface area contributed by atoms with E-state index in [9.17, 15) is 4.79 Å². The molecule has 1 aliphatic heterocycles. The highest BCUT2D eigenvalue weighted by atomic mass is 16.4. The van der Waals surface area contributed by atoms with E-state index in [1.165, 1.54) is 24.5 Å². The monoisotopic (exact) mass is 288 g/mol. The standard InChI is InChI=1S/C17H24N2O2/c1-18(2)16-9-11-19(12-10-16)13-15-5-3-14(4-6-15)7-8-17(20)21/h3-8,16H,9-13H2,1-2H3,(H,20,21). The molecule has 1 heterocycles. The number of hydrogen-bond acceptors (Lipinski definition) is 3. The molecule has 0 bridgehead atoms. The number of benzene rings is 1. The Morgan fingerprint density at radius 1 is 1.29 bits per heavy atom. The maximum absolute atomic E-state index is 10.5. The van der Waals surface area contributed by atoms with Crippen LogP contribution < -0.4 is 0 Å². The van der Waals surface area contributed by atoms with Gasteiger partial charge in [-0.15, -0.1) is 0 Å². The number of rotatable bonds is 5. The molecule has 0 aliphatic carbocycles. The predicted molar refractivity (Wildman–Crippen MR) is 85.1 cm³/mol. The number of aliphatic carboxylic acids is 1. The van der Waals surface area contributed by atoms with Crippen LogP contribution in [0.2, 0.25) is 0 Å². The minimum atomic E-state index is -0.914. The topological polar surface area (TPSA) is 43.8 Å². The molecule has 1 N–H and O–H groups in total. The summed E-state index contributed by atoms with van der Waals surface area (Å²) in [6.45, 7) is 3.26. The Morgan fingerprint density at radius 3 is 2.43 bits per heavy atom. The minimum absolute atomic E-state index is 0.713. The van der Waals surface area contributed by atoms with Gasteiger partial charge in [0.25, 0.3) is 0 Å². The van der Waals surface area contributed by atoms with Crippen molar-refractivity contribution < 1.29 is 9.90 Å². The van der Waals surface area contributed by atoms with Crippen LogP contribution in [0.5, 0.6) is 0 Å². The van der Waals surface area contributed by atoms with Gasteiger partial charge >= 0.3 is 5.97 Å². The van der Waals surface area contributed by atoms with Crippen molar-refractivity contribution in [3.63, 3.8) is 0 Å². The smallest absolute Gasteiger partial charge is 0.328 e. The summed E-state index contributed by atoms with van der Waals surface area (Å²) in [7, 11) is 4.31.